The molecule has 0 spiro atoms. The molecule has 0 aromatic heterocycles. The Kier molecular flexibility index (Phi) is 2.63. The lowest BCUT2D eigenvalue weighted by Crippen LogP contribution is -2.05. The van der Waals surface area contributed by atoms with Gasteiger partial charge < -0.3 is 4.74 Å². The lowest BCUT2D eigenvalue weighted by atomic mass is 10.1. The summed E-state index contributed by atoms with van der Waals surface area (Å²) >= 11 is 0. The number of ether oxygens (including phenoxy) is 1. The van der Waals surface area contributed by atoms with Crippen molar-refractivity contribution < 1.29 is 9.53 Å². The molecule has 0 bridgehead atoms. The molecule has 2 aromatic carbocycles. The Bertz CT molecular complexity index is 614. The molecule has 2 heteroatoms. The summed E-state index contributed by atoms with van der Waals surface area (Å²) in [4.78, 5) is 11.3. The van der Waals surface area contributed by atoms with E-state index in [2.05, 4.69) is 24.3 Å². The number of esters is 1. The zero-order valence-corrected chi connectivity index (χ0v) is 10.3. The van der Waals surface area contributed by atoms with Gasteiger partial charge in [0.1, 0.15) is 5.75 Å². The first-order valence-electron chi connectivity index (χ1n) is 6.20. The lowest BCUT2D eigenvalue weighted by molar-refractivity contribution is -0.134. The largest absolute Gasteiger partial charge is 0.427 e. The molecule has 0 saturated carbocycles. The minimum absolute atomic E-state index is 0.189. The molecule has 0 N–H and O–H groups in total. The third kappa shape index (κ3) is 1.80. The van der Waals surface area contributed by atoms with Crippen LogP contribution in [-0.2, 0) is 11.2 Å². The Morgan fingerprint density at radius 2 is 1.89 bits per heavy atom. The molecule has 1 aliphatic carbocycles. The van der Waals surface area contributed by atoms with Crippen molar-refractivity contribution in [3.63, 3.8) is 0 Å². The van der Waals surface area contributed by atoms with Crippen LogP contribution in [0.3, 0.4) is 0 Å². The topological polar surface area (TPSA) is 26.3 Å². The van der Waals surface area contributed by atoms with Crippen molar-refractivity contribution >= 4 is 5.97 Å². The van der Waals surface area contributed by atoms with Gasteiger partial charge in [0.15, 0.2) is 0 Å². The van der Waals surface area contributed by atoms with Crippen molar-refractivity contribution in [3.8, 4) is 16.9 Å². The molecular formula is C16H14O2. The first-order chi connectivity index (χ1) is 8.78. The van der Waals surface area contributed by atoms with Gasteiger partial charge in [-0.2, -0.15) is 0 Å². The van der Waals surface area contributed by atoms with E-state index in [9.17, 15) is 4.79 Å². The number of benzene rings is 2. The maximum absolute atomic E-state index is 11.3. The molecule has 0 amide bonds. The maximum Gasteiger partial charge on any atom is 0.310 e. The fraction of sp³-hybridized carbons (Fsp3) is 0.188. The van der Waals surface area contributed by atoms with Crippen molar-refractivity contribution in [1.82, 2.24) is 0 Å². The second-order valence-electron chi connectivity index (χ2n) is 4.48. The van der Waals surface area contributed by atoms with Crippen LogP contribution in [0.5, 0.6) is 5.75 Å². The van der Waals surface area contributed by atoms with Gasteiger partial charge in [0.2, 0.25) is 0 Å². The van der Waals surface area contributed by atoms with Crippen LogP contribution in [0.4, 0.5) is 0 Å². The highest BCUT2D eigenvalue weighted by Crippen LogP contribution is 2.37. The molecule has 0 atom stereocenters. The number of carbonyl (C=O) groups excluding carboxylic acids is 1. The molecule has 0 aliphatic heterocycles. The first-order valence-corrected chi connectivity index (χ1v) is 6.20. The monoisotopic (exact) mass is 238 g/mol. The Morgan fingerprint density at radius 1 is 1.11 bits per heavy atom. The van der Waals surface area contributed by atoms with Gasteiger partial charge in [-0.1, -0.05) is 37.3 Å². The lowest BCUT2D eigenvalue weighted by Gasteiger charge is -2.05. The normalized spacial score (nSPS) is 11.8. The molecule has 90 valence electrons. The van der Waals surface area contributed by atoms with Gasteiger partial charge >= 0.3 is 5.97 Å². The van der Waals surface area contributed by atoms with Crippen LogP contribution in [0.1, 0.15) is 24.5 Å². The molecule has 0 heterocycles. The molecule has 1 aliphatic rings. The van der Waals surface area contributed by atoms with Crippen molar-refractivity contribution in [1.29, 1.82) is 0 Å². The molecule has 3 rings (SSSR count). The summed E-state index contributed by atoms with van der Waals surface area (Å²) in [7, 11) is 0. The van der Waals surface area contributed by atoms with Crippen LogP contribution in [0.15, 0.2) is 42.5 Å². The average molecular weight is 238 g/mol. The summed E-state index contributed by atoms with van der Waals surface area (Å²) < 4.78 is 5.25. The van der Waals surface area contributed by atoms with Crippen molar-refractivity contribution in [3.05, 3.63) is 53.6 Å². The SMILES string of the molecule is CCC(=O)Oc1ccc2c(c1)Cc1ccccc1-2. The summed E-state index contributed by atoms with van der Waals surface area (Å²) in [5.41, 5.74) is 5.12. The minimum Gasteiger partial charge on any atom is -0.427 e. The molecule has 0 radical (unpaired) electrons. The van der Waals surface area contributed by atoms with E-state index in [0.717, 1.165) is 6.42 Å². The van der Waals surface area contributed by atoms with Crippen LogP contribution in [0.25, 0.3) is 11.1 Å². The Hall–Kier alpha value is -2.09. The molecule has 2 nitrogen and oxygen atoms in total. The van der Waals surface area contributed by atoms with Gasteiger partial charge in [0, 0.05) is 6.42 Å². The van der Waals surface area contributed by atoms with Gasteiger partial charge in [0.05, 0.1) is 0 Å². The second kappa shape index (κ2) is 4.30. The minimum atomic E-state index is -0.189. The quantitative estimate of drug-likeness (QED) is 0.504. The van der Waals surface area contributed by atoms with E-state index in [0.29, 0.717) is 12.2 Å². The van der Waals surface area contributed by atoms with Gasteiger partial charge in [-0.3, -0.25) is 4.79 Å². The van der Waals surface area contributed by atoms with Gasteiger partial charge in [-0.15, -0.1) is 0 Å². The van der Waals surface area contributed by atoms with Gasteiger partial charge in [-0.25, -0.2) is 0 Å². The number of hydrogen-bond donors (Lipinski definition) is 0. The van der Waals surface area contributed by atoms with Crippen molar-refractivity contribution in [2.75, 3.05) is 0 Å². The summed E-state index contributed by atoms with van der Waals surface area (Å²) in [5.74, 6) is 0.457. The molecule has 2 aromatic rings. The van der Waals surface area contributed by atoms with E-state index in [1.807, 2.05) is 18.2 Å². The third-order valence-corrected chi connectivity index (χ3v) is 3.29. The fourth-order valence-corrected chi connectivity index (χ4v) is 2.39. The second-order valence-corrected chi connectivity index (χ2v) is 4.48. The maximum atomic E-state index is 11.3. The van der Waals surface area contributed by atoms with Gasteiger partial charge in [0.25, 0.3) is 0 Å². The van der Waals surface area contributed by atoms with E-state index in [4.69, 9.17) is 4.74 Å². The van der Waals surface area contributed by atoms with Crippen LogP contribution in [-0.4, -0.2) is 5.97 Å². The number of hydrogen-bond acceptors (Lipinski definition) is 2. The van der Waals surface area contributed by atoms with Crippen molar-refractivity contribution in [2.24, 2.45) is 0 Å². The summed E-state index contributed by atoms with van der Waals surface area (Å²) in [5, 5.41) is 0. The van der Waals surface area contributed by atoms with Crippen molar-refractivity contribution in [2.45, 2.75) is 19.8 Å². The zero-order valence-electron chi connectivity index (χ0n) is 10.3. The average Bonchev–Trinajstić information content (AvgIpc) is 2.76. The van der Waals surface area contributed by atoms with Crippen LogP contribution in [0, 0.1) is 0 Å². The summed E-state index contributed by atoms with van der Waals surface area (Å²) in [6.07, 6.45) is 1.32. The molecule has 0 unspecified atom stereocenters. The van der Waals surface area contributed by atoms with Crippen LogP contribution in [0.2, 0.25) is 0 Å². The van der Waals surface area contributed by atoms with Crippen LogP contribution >= 0.6 is 0 Å². The highest BCUT2D eigenvalue weighted by molar-refractivity contribution is 5.78. The van der Waals surface area contributed by atoms with E-state index >= 15 is 0 Å². The molecule has 18 heavy (non-hydrogen) atoms. The standard InChI is InChI=1S/C16H14O2/c1-2-16(17)18-13-7-8-15-12(10-13)9-11-5-3-4-6-14(11)15/h3-8,10H,2,9H2,1H3. The molecular weight excluding hydrogens is 224 g/mol. The highest BCUT2D eigenvalue weighted by atomic mass is 16.5. The smallest absolute Gasteiger partial charge is 0.310 e. The zero-order chi connectivity index (χ0) is 12.5. The van der Waals surface area contributed by atoms with E-state index < -0.39 is 0 Å². The number of rotatable bonds is 2. The third-order valence-electron chi connectivity index (χ3n) is 3.29. The van der Waals surface area contributed by atoms with E-state index in [1.165, 1.54) is 22.3 Å². The highest BCUT2D eigenvalue weighted by Gasteiger charge is 2.18. The van der Waals surface area contributed by atoms with Gasteiger partial charge in [-0.05, 0) is 40.8 Å². The number of carbonyl (C=O) groups is 1. The van der Waals surface area contributed by atoms with E-state index in [-0.39, 0.29) is 5.97 Å². The first kappa shape index (κ1) is 11.0. The fourth-order valence-electron chi connectivity index (χ4n) is 2.39. The molecule has 0 saturated heterocycles. The summed E-state index contributed by atoms with van der Waals surface area (Å²) in [6.45, 7) is 1.80. The Morgan fingerprint density at radius 3 is 2.72 bits per heavy atom. The Labute approximate surface area is 106 Å². The predicted octanol–water partition coefficient (Wildman–Crippen LogP) is 3.57. The number of fused-ring (bicyclic) bond motifs is 3. The predicted molar refractivity (Wildman–Crippen MR) is 70.6 cm³/mol. The summed E-state index contributed by atoms with van der Waals surface area (Å²) in [6, 6.07) is 14.3. The Balaban J connectivity index is 1.96. The van der Waals surface area contributed by atoms with Crippen LogP contribution < -0.4 is 4.74 Å². The van der Waals surface area contributed by atoms with E-state index in [1.54, 1.807) is 6.92 Å². The molecule has 0 fully saturated rings.